The lowest BCUT2D eigenvalue weighted by Gasteiger charge is -2.28. The van der Waals surface area contributed by atoms with Crippen LogP contribution in [0.25, 0.3) is 10.1 Å². The van der Waals surface area contributed by atoms with Crippen LogP contribution in [0, 0.1) is 0 Å². The van der Waals surface area contributed by atoms with E-state index in [0.29, 0.717) is 17.2 Å². The minimum Gasteiger partial charge on any atom is -0.319 e. The number of hydrogen-bond donors (Lipinski definition) is 1. The number of carbonyl (C=O) groups excluding carboxylic acids is 1. The molecule has 1 aromatic carbocycles. The zero-order valence-corrected chi connectivity index (χ0v) is 14.9. The van der Waals surface area contributed by atoms with Gasteiger partial charge in [0.05, 0.1) is 18.1 Å². The van der Waals surface area contributed by atoms with Crippen molar-refractivity contribution in [3.63, 3.8) is 0 Å². The number of nitrogens with one attached hydrogen (secondary N) is 1. The second-order valence-electron chi connectivity index (χ2n) is 6.56. The Kier molecular flexibility index (Phi) is 4.46. The normalized spacial score (nSPS) is 16.2. The largest absolute Gasteiger partial charge is 0.319 e. The Hall–Kier alpha value is -2.31. The third-order valence-corrected chi connectivity index (χ3v) is 5.82. The summed E-state index contributed by atoms with van der Waals surface area (Å²) in [7, 11) is 2.18. The molecule has 128 valence electrons. The van der Waals surface area contributed by atoms with E-state index in [-0.39, 0.29) is 5.91 Å². The summed E-state index contributed by atoms with van der Waals surface area (Å²) in [6, 6.07) is 5.96. The summed E-state index contributed by atoms with van der Waals surface area (Å²) in [5.74, 6) is 0.461. The Bertz CT molecular complexity index is 885. The highest BCUT2D eigenvalue weighted by Gasteiger charge is 2.21. The quantitative estimate of drug-likeness (QED) is 0.780. The molecular formula is C19H20N4OS. The summed E-state index contributed by atoms with van der Waals surface area (Å²) in [6.07, 6.45) is 7.00. The molecular weight excluding hydrogens is 332 g/mol. The van der Waals surface area contributed by atoms with Gasteiger partial charge in [-0.05, 0) is 73.4 Å². The van der Waals surface area contributed by atoms with Crippen LogP contribution < -0.4 is 5.32 Å². The fraction of sp³-hybridized carbons (Fsp3) is 0.316. The molecule has 0 bridgehead atoms. The highest BCUT2D eigenvalue weighted by atomic mass is 32.1. The molecule has 0 radical (unpaired) electrons. The number of fused-ring (bicyclic) bond motifs is 1. The van der Waals surface area contributed by atoms with E-state index >= 15 is 0 Å². The van der Waals surface area contributed by atoms with Crippen LogP contribution in [0.5, 0.6) is 0 Å². The number of likely N-dealkylation sites (tertiary alicyclic amines) is 1. The Morgan fingerprint density at radius 3 is 2.76 bits per heavy atom. The molecule has 1 fully saturated rings. The summed E-state index contributed by atoms with van der Waals surface area (Å²) in [6.45, 7) is 2.27. The van der Waals surface area contributed by atoms with E-state index in [1.807, 2.05) is 12.1 Å². The van der Waals surface area contributed by atoms with E-state index in [1.165, 1.54) is 34.8 Å². The van der Waals surface area contributed by atoms with Crippen LogP contribution in [0.2, 0.25) is 0 Å². The van der Waals surface area contributed by atoms with E-state index in [0.717, 1.165) is 13.1 Å². The van der Waals surface area contributed by atoms with Gasteiger partial charge < -0.3 is 10.2 Å². The van der Waals surface area contributed by atoms with E-state index in [1.54, 1.807) is 23.7 Å². The van der Waals surface area contributed by atoms with Crippen molar-refractivity contribution in [3.8, 4) is 0 Å². The van der Waals surface area contributed by atoms with Crippen molar-refractivity contribution in [2.24, 2.45) is 0 Å². The monoisotopic (exact) mass is 352 g/mol. The van der Waals surface area contributed by atoms with Gasteiger partial charge in [0.2, 0.25) is 0 Å². The van der Waals surface area contributed by atoms with Crippen molar-refractivity contribution in [2.75, 3.05) is 25.5 Å². The highest BCUT2D eigenvalue weighted by molar-refractivity contribution is 7.17. The van der Waals surface area contributed by atoms with Gasteiger partial charge in [0.1, 0.15) is 6.33 Å². The molecule has 1 aliphatic heterocycles. The lowest BCUT2D eigenvalue weighted by atomic mass is 9.89. The molecule has 0 spiro atoms. The summed E-state index contributed by atoms with van der Waals surface area (Å²) < 4.78 is 1.24. The summed E-state index contributed by atoms with van der Waals surface area (Å²) >= 11 is 1.77. The second kappa shape index (κ2) is 6.90. The average molecular weight is 352 g/mol. The number of thiophene rings is 1. The standard InChI is InChI=1S/C19H20N4OS/c1-23-6-4-13(5-7-23)17-11-25-18-3-2-14(8-16(17)18)19(24)22-15-9-20-12-21-10-15/h2-3,8-13H,4-7H2,1H3,(H,22,24). The first-order valence-corrected chi connectivity index (χ1v) is 9.35. The maximum Gasteiger partial charge on any atom is 0.255 e. The smallest absolute Gasteiger partial charge is 0.255 e. The highest BCUT2D eigenvalue weighted by Crippen LogP contribution is 2.37. The van der Waals surface area contributed by atoms with Crippen molar-refractivity contribution in [3.05, 3.63) is 53.4 Å². The molecule has 1 N–H and O–H groups in total. The van der Waals surface area contributed by atoms with Crippen molar-refractivity contribution in [2.45, 2.75) is 18.8 Å². The first-order valence-electron chi connectivity index (χ1n) is 8.47. The van der Waals surface area contributed by atoms with Gasteiger partial charge in [-0.25, -0.2) is 9.97 Å². The maximum absolute atomic E-state index is 12.5. The van der Waals surface area contributed by atoms with Crippen LogP contribution in [-0.4, -0.2) is 40.9 Å². The molecule has 0 aliphatic carbocycles. The van der Waals surface area contributed by atoms with Gasteiger partial charge >= 0.3 is 0 Å². The molecule has 3 aromatic rings. The van der Waals surface area contributed by atoms with Gasteiger partial charge in [-0.15, -0.1) is 11.3 Å². The Labute approximate surface area is 150 Å². The zero-order chi connectivity index (χ0) is 17.2. The Balaban J connectivity index is 1.61. The van der Waals surface area contributed by atoms with Gasteiger partial charge in [-0.1, -0.05) is 0 Å². The number of anilines is 1. The van der Waals surface area contributed by atoms with Gasteiger partial charge in [-0.2, -0.15) is 0 Å². The number of amides is 1. The second-order valence-corrected chi connectivity index (χ2v) is 7.47. The molecule has 0 saturated carbocycles. The van der Waals surface area contributed by atoms with Crippen LogP contribution in [0.4, 0.5) is 5.69 Å². The lowest BCUT2D eigenvalue weighted by Crippen LogP contribution is -2.29. The molecule has 2 aromatic heterocycles. The SMILES string of the molecule is CN1CCC(c2csc3ccc(C(=O)Nc4cncnc4)cc23)CC1. The number of hydrogen-bond acceptors (Lipinski definition) is 5. The zero-order valence-electron chi connectivity index (χ0n) is 14.1. The van der Waals surface area contributed by atoms with Crippen LogP contribution >= 0.6 is 11.3 Å². The summed E-state index contributed by atoms with van der Waals surface area (Å²) in [5, 5.41) is 6.34. The molecule has 0 unspecified atom stereocenters. The van der Waals surface area contributed by atoms with Crippen molar-refractivity contribution >= 4 is 33.0 Å². The Morgan fingerprint density at radius 1 is 1.24 bits per heavy atom. The lowest BCUT2D eigenvalue weighted by molar-refractivity contribution is 0.102. The molecule has 1 aliphatic rings. The van der Waals surface area contributed by atoms with Crippen LogP contribution in [0.3, 0.4) is 0 Å². The minimum absolute atomic E-state index is 0.128. The topological polar surface area (TPSA) is 58.1 Å². The van der Waals surface area contributed by atoms with Gasteiger partial charge in [0.25, 0.3) is 5.91 Å². The average Bonchev–Trinajstić information content (AvgIpc) is 3.06. The fourth-order valence-corrected chi connectivity index (χ4v) is 4.42. The van der Waals surface area contributed by atoms with E-state index in [4.69, 9.17) is 0 Å². The number of carbonyl (C=O) groups is 1. The molecule has 25 heavy (non-hydrogen) atoms. The van der Waals surface area contributed by atoms with Gasteiger partial charge in [0, 0.05) is 10.3 Å². The first kappa shape index (κ1) is 16.2. The molecule has 5 nitrogen and oxygen atoms in total. The predicted molar refractivity (Wildman–Crippen MR) is 101 cm³/mol. The first-order chi connectivity index (χ1) is 12.2. The predicted octanol–water partition coefficient (Wildman–Crippen LogP) is 3.75. The molecule has 3 heterocycles. The number of piperidine rings is 1. The van der Waals surface area contributed by atoms with Crippen LogP contribution in [0.15, 0.2) is 42.3 Å². The molecule has 4 rings (SSSR count). The van der Waals surface area contributed by atoms with Gasteiger partial charge in [0.15, 0.2) is 0 Å². The molecule has 0 atom stereocenters. The van der Waals surface area contributed by atoms with E-state index in [9.17, 15) is 4.79 Å². The number of benzene rings is 1. The molecule has 1 amide bonds. The van der Waals surface area contributed by atoms with Gasteiger partial charge in [-0.3, -0.25) is 4.79 Å². The number of rotatable bonds is 3. The van der Waals surface area contributed by atoms with Crippen LogP contribution in [0.1, 0.15) is 34.7 Å². The van der Waals surface area contributed by atoms with E-state index < -0.39 is 0 Å². The Morgan fingerprint density at radius 2 is 2.00 bits per heavy atom. The minimum atomic E-state index is -0.128. The maximum atomic E-state index is 12.5. The summed E-state index contributed by atoms with van der Waals surface area (Å²) in [4.78, 5) is 22.8. The summed E-state index contributed by atoms with van der Waals surface area (Å²) in [5.41, 5.74) is 2.67. The van der Waals surface area contributed by atoms with Crippen molar-refractivity contribution in [1.29, 1.82) is 0 Å². The van der Waals surface area contributed by atoms with E-state index in [2.05, 4.69) is 38.7 Å². The van der Waals surface area contributed by atoms with Crippen LogP contribution in [-0.2, 0) is 0 Å². The molecule has 6 heteroatoms. The molecule has 1 saturated heterocycles. The van der Waals surface area contributed by atoms with Crippen molar-refractivity contribution < 1.29 is 4.79 Å². The van der Waals surface area contributed by atoms with Crippen molar-refractivity contribution in [1.82, 2.24) is 14.9 Å². The fourth-order valence-electron chi connectivity index (χ4n) is 3.39. The third kappa shape index (κ3) is 3.41. The number of nitrogens with zero attached hydrogens (tertiary/aromatic N) is 3. The number of aromatic nitrogens is 2. The third-order valence-electron chi connectivity index (χ3n) is 4.84.